The SMILES string of the molecule is CCc1nc2ccccc2n1-c1ccc(-c2c3ccccc3c(-c3ccc4oc5cc6ccccc6cc5c4c3)c3ccccc23)cc1. The monoisotopic (exact) mass is 614 g/mol. The van der Waals surface area contributed by atoms with Crippen LogP contribution in [0.2, 0.25) is 0 Å². The van der Waals surface area contributed by atoms with Gasteiger partial charge in [-0.1, -0.05) is 110 Å². The van der Waals surface area contributed by atoms with Crippen molar-refractivity contribution in [2.75, 3.05) is 0 Å². The summed E-state index contributed by atoms with van der Waals surface area (Å²) in [7, 11) is 0. The predicted octanol–water partition coefficient (Wildman–Crippen LogP) is 12.3. The van der Waals surface area contributed by atoms with Crippen LogP contribution in [-0.4, -0.2) is 9.55 Å². The summed E-state index contributed by atoms with van der Waals surface area (Å²) in [5, 5.41) is 9.65. The molecule has 0 aliphatic carbocycles. The molecule has 0 amide bonds. The van der Waals surface area contributed by atoms with E-state index in [4.69, 9.17) is 9.40 Å². The zero-order valence-corrected chi connectivity index (χ0v) is 26.4. The Hall–Kier alpha value is -6.19. The normalized spacial score (nSPS) is 11.9. The van der Waals surface area contributed by atoms with Crippen molar-refractivity contribution in [3.63, 3.8) is 0 Å². The fraction of sp³-hybridized carbons (Fsp3) is 0.0444. The van der Waals surface area contributed by atoms with E-state index in [1.807, 2.05) is 0 Å². The van der Waals surface area contributed by atoms with Gasteiger partial charge in [-0.15, -0.1) is 0 Å². The largest absolute Gasteiger partial charge is 0.456 e. The van der Waals surface area contributed by atoms with Crippen LogP contribution in [0.1, 0.15) is 12.7 Å². The van der Waals surface area contributed by atoms with Gasteiger partial charge < -0.3 is 4.42 Å². The van der Waals surface area contributed by atoms with E-state index in [0.29, 0.717) is 0 Å². The van der Waals surface area contributed by atoms with Crippen LogP contribution in [-0.2, 0) is 6.42 Å². The topological polar surface area (TPSA) is 31.0 Å². The molecule has 3 heteroatoms. The lowest BCUT2D eigenvalue weighted by atomic mass is 9.85. The Morgan fingerprint density at radius 2 is 1.06 bits per heavy atom. The fourth-order valence-electron chi connectivity index (χ4n) is 7.75. The molecule has 0 saturated heterocycles. The molecule has 0 bridgehead atoms. The van der Waals surface area contributed by atoms with E-state index >= 15 is 0 Å². The molecule has 0 aliphatic rings. The standard InChI is InChI=1S/C45H30N2O/c1-2-43-46-39-17-9-10-18-40(39)47(43)32-22-19-28(20-23-32)44-33-13-5-7-15-35(33)45(36-16-8-6-14-34(36)44)31-21-24-41-37(26-31)38-25-29-11-3-4-12-30(29)27-42(38)48-41/h3-27H,2H2,1H3. The van der Waals surface area contributed by atoms with Crippen LogP contribution >= 0.6 is 0 Å². The third-order valence-corrected chi connectivity index (χ3v) is 9.92. The molecule has 226 valence electrons. The molecule has 0 radical (unpaired) electrons. The lowest BCUT2D eigenvalue weighted by molar-refractivity contribution is 0.669. The number of hydrogen-bond donors (Lipinski definition) is 0. The van der Waals surface area contributed by atoms with Gasteiger partial charge in [0.2, 0.25) is 0 Å². The van der Waals surface area contributed by atoms with Crippen molar-refractivity contribution in [3.05, 3.63) is 157 Å². The van der Waals surface area contributed by atoms with Crippen LogP contribution in [0.25, 0.3) is 93.2 Å². The lowest BCUT2D eigenvalue weighted by Crippen LogP contribution is -2.00. The quantitative estimate of drug-likeness (QED) is 0.185. The molecule has 3 nitrogen and oxygen atoms in total. The number of rotatable bonds is 4. The van der Waals surface area contributed by atoms with Gasteiger partial charge in [0.25, 0.3) is 0 Å². The molecule has 10 rings (SSSR count). The van der Waals surface area contributed by atoms with Crippen LogP contribution in [0.3, 0.4) is 0 Å². The van der Waals surface area contributed by atoms with Gasteiger partial charge in [-0.2, -0.15) is 0 Å². The second-order valence-electron chi connectivity index (χ2n) is 12.6. The number of furan rings is 1. The van der Waals surface area contributed by atoms with Crippen molar-refractivity contribution in [3.8, 4) is 27.9 Å². The van der Waals surface area contributed by atoms with Gasteiger partial charge in [0, 0.05) is 22.9 Å². The number of fused-ring (bicyclic) bond motifs is 7. The van der Waals surface area contributed by atoms with Crippen LogP contribution in [0.4, 0.5) is 0 Å². The maximum absolute atomic E-state index is 6.37. The van der Waals surface area contributed by atoms with E-state index in [0.717, 1.165) is 50.9 Å². The molecule has 10 aromatic rings. The summed E-state index contributed by atoms with van der Waals surface area (Å²) in [5.41, 5.74) is 10.0. The average Bonchev–Trinajstić information content (AvgIpc) is 3.70. The van der Waals surface area contributed by atoms with Gasteiger partial charge in [0.15, 0.2) is 0 Å². The summed E-state index contributed by atoms with van der Waals surface area (Å²) < 4.78 is 8.66. The van der Waals surface area contributed by atoms with Gasteiger partial charge in [-0.25, -0.2) is 4.98 Å². The Morgan fingerprint density at radius 3 is 1.75 bits per heavy atom. The molecular formula is C45H30N2O. The number of benzene rings is 8. The number of aryl methyl sites for hydroxylation is 1. The van der Waals surface area contributed by atoms with Crippen LogP contribution in [0.5, 0.6) is 0 Å². The fourth-order valence-corrected chi connectivity index (χ4v) is 7.75. The Balaban J connectivity index is 1.18. The molecule has 0 spiro atoms. The van der Waals surface area contributed by atoms with E-state index in [1.165, 1.54) is 54.6 Å². The van der Waals surface area contributed by atoms with Crippen molar-refractivity contribution >= 4 is 65.3 Å². The molecule has 2 heterocycles. The smallest absolute Gasteiger partial charge is 0.136 e. The molecule has 0 unspecified atom stereocenters. The molecule has 0 N–H and O–H groups in total. The zero-order valence-electron chi connectivity index (χ0n) is 26.4. The van der Waals surface area contributed by atoms with Gasteiger partial charge in [0.05, 0.1) is 11.0 Å². The molecule has 48 heavy (non-hydrogen) atoms. The van der Waals surface area contributed by atoms with Crippen LogP contribution in [0.15, 0.2) is 156 Å². The number of imidazole rings is 1. The molecule has 0 aliphatic heterocycles. The minimum absolute atomic E-state index is 0.865. The first kappa shape index (κ1) is 27.0. The molecule has 0 atom stereocenters. The minimum atomic E-state index is 0.865. The highest BCUT2D eigenvalue weighted by atomic mass is 16.3. The van der Waals surface area contributed by atoms with E-state index in [-0.39, 0.29) is 0 Å². The Labute approximate surface area is 277 Å². The highest BCUT2D eigenvalue weighted by Crippen LogP contribution is 2.45. The van der Waals surface area contributed by atoms with Crippen molar-refractivity contribution in [1.82, 2.24) is 9.55 Å². The second-order valence-corrected chi connectivity index (χ2v) is 12.6. The summed E-state index contributed by atoms with van der Waals surface area (Å²) in [6.07, 6.45) is 0.865. The van der Waals surface area contributed by atoms with Gasteiger partial charge in [-0.3, -0.25) is 4.57 Å². The average molecular weight is 615 g/mol. The summed E-state index contributed by atoms with van der Waals surface area (Å²) in [6.45, 7) is 2.17. The summed E-state index contributed by atoms with van der Waals surface area (Å²) in [4.78, 5) is 4.91. The van der Waals surface area contributed by atoms with E-state index in [9.17, 15) is 0 Å². The third kappa shape index (κ3) is 3.98. The number of nitrogens with zero attached hydrogens (tertiary/aromatic N) is 2. The summed E-state index contributed by atoms with van der Waals surface area (Å²) in [5.74, 6) is 1.07. The number of hydrogen-bond acceptors (Lipinski definition) is 2. The van der Waals surface area contributed by atoms with Crippen LogP contribution in [0, 0.1) is 0 Å². The van der Waals surface area contributed by atoms with Crippen molar-refractivity contribution in [2.45, 2.75) is 13.3 Å². The van der Waals surface area contributed by atoms with E-state index in [2.05, 4.69) is 163 Å². The lowest BCUT2D eigenvalue weighted by Gasteiger charge is -2.18. The maximum atomic E-state index is 6.37. The van der Waals surface area contributed by atoms with E-state index in [1.54, 1.807) is 0 Å². The number of aromatic nitrogens is 2. The minimum Gasteiger partial charge on any atom is -0.456 e. The van der Waals surface area contributed by atoms with Crippen LogP contribution < -0.4 is 0 Å². The van der Waals surface area contributed by atoms with Gasteiger partial charge in [-0.05, 0) is 103 Å². The Kier molecular flexibility index (Phi) is 5.85. The first-order valence-electron chi connectivity index (χ1n) is 16.6. The Morgan fingerprint density at radius 1 is 0.500 bits per heavy atom. The van der Waals surface area contributed by atoms with Crippen molar-refractivity contribution < 1.29 is 4.42 Å². The Bertz CT molecular complexity index is 2820. The summed E-state index contributed by atoms with van der Waals surface area (Å²) in [6, 6.07) is 54.7. The molecular weight excluding hydrogens is 585 g/mol. The third-order valence-electron chi connectivity index (χ3n) is 9.92. The van der Waals surface area contributed by atoms with Crippen molar-refractivity contribution in [2.24, 2.45) is 0 Å². The highest BCUT2D eigenvalue weighted by Gasteiger charge is 2.19. The molecule has 2 aromatic heterocycles. The number of para-hydroxylation sites is 2. The van der Waals surface area contributed by atoms with Gasteiger partial charge >= 0.3 is 0 Å². The first-order valence-corrected chi connectivity index (χ1v) is 16.6. The maximum Gasteiger partial charge on any atom is 0.136 e. The summed E-state index contributed by atoms with van der Waals surface area (Å²) >= 11 is 0. The highest BCUT2D eigenvalue weighted by molar-refractivity contribution is 6.22. The first-order chi connectivity index (χ1) is 23.7. The second kappa shape index (κ2) is 10.4. The van der Waals surface area contributed by atoms with Crippen molar-refractivity contribution in [1.29, 1.82) is 0 Å². The van der Waals surface area contributed by atoms with E-state index < -0.39 is 0 Å². The predicted molar refractivity (Wildman–Crippen MR) is 201 cm³/mol. The molecule has 0 fully saturated rings. The molecule has 0 saturated carbocycles. The molecule has 8 aromatic carbocycles. The zero-order chi connectivity index (χ0) is 31.8. The van der Waals surface area contributed by atoms with Gasteiger partial charge in [0.1, 0.15) is 17.0 Å².